The second-order valence-electron chi connectivity index (χ2n) is 4.82. The van der Waals surface area contributed by atoms with Gasteiger partial charge in [-0.3, -0.25) is 9.69 Å². The number of carbonyl (C=O) groups excluding carboxylic acids is 1. The SMILES string of the molecule is CCN(C(=O)NCC1(C(=O)O)CC1)c1ccccc1. The summed E-state index contributed by atoms with van der Waals surface area (Å²) in [7, 11) is 0. The molecule has 1 fully saturated rings. The quantitative estimate of drug-likeness (QED) is 0.853. The van der Waals surface area contributed by atoms with Crippen LogP contribution in [-0.2, 0) is 4.79 Å². The third kappa shape index (κ3) is 2.86. The third-order valence-corrected chi connectivity index (χ3v) is 3.51. The number of benzene rings is 1. The van der Waals surface area contributed by atoms with E-state index in [2.05, 4.69) is 5.32 Å². The number of nitrogens with zero attached hydrogens (tertiary/aromatic N) is 1. The summed E-state index contributed by atoms with van der Waals surface area (Å²) >= 11 is 0. The van der Waals surface area contributed by atoms with Crippen LogP contribution < -0.4 is 10.2 Å². The fourth-order valence-corrected chi connectivity index (χ4v) is 2.01. The largest absolute Gasteiger partial charge is 0.481 e. The Balaban J connectivity index is 1.97. The van der Waals surface area contributed by atoms with E-state index >= 15 is 0 Å². The average molecular weight is 262 g/mol. The molecule has 1 aromatic carbocycles. The molecular weight excluding hydrogens is 244 g/mol. The summed E-state index contributed by atoms with van der Waals surface area (Å²) in [4.78, 5) is 24.7. The second kappa shape index (κ2) is 5.30. The van der Waals surface area contributed by atoms with Gasteiger partial charge in [0.25, 0.3) is 0 Å². The predicted octanol–water partition coefficient (Wildman–Crippen LogP) is 2.09. The molecule has 0 heterocycles. The lowest BCUT2D eigenvalue weighted by molar-refractivity contribution is -0.143. The van der Waals surface area contributed by atoms with Crippen molar-refractivity contribution in [1.29, 1.82) is 0 Å². The van der Waals surface area contributed by atoms with Crippen molar-refractivity contribution in [1.82, 2.24) is 5.32 Å². The van der Waals surface area contributed by atoms with Gasteiger partial charge in [0.2, 0.25) is 0 Å². The fraction of sp³-hybridized carbons (Fsp3) is 0.429. The smallest absolute Gasteiger partial charge is 0.321 e. The van der Waals surface area contributed by atoms with Gasteiger partial charge >= 0.3 is 12.0 Å². The molecular formula is C14H18N2O3. The minimum atomic E-state index is -0.824. The zero-order chi connectivity index (χ0) is 13.9. The number of hydrogen-bond acceptors (Lipinski definition) is 2. The lowest BCUT2D eigenvalue weighted by Crippen LogP contribution is -2.43. The summed E-state index contributed by atoms with van der Waals surface area (Å²) in [6.07, 6.45) is 1.28. The molecule has 2 rings (SSSR count). The van der Waals surface area contributed by atoms with Gasteiger partial charge in [0, 0.05) is 18.8 Å². The monoisotopic (exact) mass is 262 g/mol. The number of rotatable bonds is 5. The molecule has 2 N–H and O–H groups in total. The highest BCUT2D eigenvalue weighted by Crippen LogP contribution is 2.45. The normalized spacial score (nSPS) is 15.6. The van der Waals surface area contributed by atoms with Crippen LogP contribution in [-0.4, -0.2) is 30.2 Å². The van der Waals surface area contributed by atoms with E-state index in [1.165, 1.54) is 0 Å². The van der Waals surface area contributed by atoms with Gasteiger partial charge < -0.3 is 10.4 Å². The zero-order valence-corrected chi connectivity index (χ0v) is 10.9. The van der Waals surface area contributed by atoms with Crippen molar-refractivity contribution in [3.8, 4) is 0 Å². The van der Waals surface area contributed by atoms with Gasteiger partial charge in [-0.1, -0.05) is 18.2 Å². The number of urea groups is 1. The molecule has 0 unspecified atom stereocenters. The molecule has 2 amide bonds. The van der Waals surface area contributed by atoms with E-state index in [1.54, 1.807) is 4.90 Å². The maximum Gasteiger partial charge on any atom is 0.321 e. The summed E-state index contributed by atoms with van der Waals surface area (Å²) in [5, 5.41) is 11.8. The van der Waals surface area contributed by atoms with Crippen LogP contribution in [0.25, 0.3) is 0 Å². The maximum atomic E-state index is 12.1. The molecule has 1 aromatic rings. The molecule has 0 aromatic heterocycles. The fourth-order valence-electron chi connectivity index (χ4n) is 2.01. The summed E-state index contributed by atoms with van der Waals surface area (Å²) in [5.74, 6) is -0.824. The maximum absolute atomic E-state index is 12.1. The average Bonchev–Trinajstić information content (AvgIpc) is 3.20. The molecule has 0 aliphatic heterocycles. The van der Waals surface area contributed by atoms with Gasteiger partial charge in [0.1, 0.15) is 0 Å². The molecule has 1 aliphatic rings. The highest BCUT2D eigenvalue weighted by Gasteiger charge is 2.50. The van der Waals surface area contributed by atoms with E-state index in [0.29, 0.717) is 19.4 Å². The molecule has 5 nitrogen and oxygen atoms in total. The molecule has 0 radical (unpaired) electrons. The highest BCUT2D eigenvalue weighted by atomic mass is 16.4. The molecule has 1 saturated carbocycles. The van der Waals surface area contributed by atoms with Crippen LogP contribution in [0.3, 0.4) is 0 Å². The second-order valence-corrected chi connectivity index (χ2v) is 4.82. The van der Waals surface area contributed by atoms with Crippen LogP contribution in [0.2, 0.25) is 0 Å². The number of anilines is 1. The van der Waals surface area contributed by atoms with Crippen molar-refractivity contribution in [2.45, 2.75) is 19.8 Å². The van der Waals surface area contributed by atoms with E-state index < -0.39 is 11.4 Å². The number of carboxylic acid groups (broad SMARTS) is 1. The van der Waals surface area contributed by atoms with E-state index in [4.69, 9.17) is 5.11 Å². The Hall–Kier alpha value is -2.04. The van der Waals surface area contributed by atoms with Crippen molar-refractivity contribution in [2.24, 2.45) is 5.41 Å². The first-order valence-electron chi connectivity index (χ1n) is 6.43. The molecule has 1 aliphatic carbocycles. The number of para-hydroxylation sites is 1. The Bertz CT molecular complexity index is 469. The molecule has 0 bridgehead atoms. The predicted molar refractivity (Wildman–Crippen MR) is 72.2 cm³/mol. The minimum absolute atomic E-state index is 0.199. The van der Waals surface area contributed by atoms with Crippen molar-refractivity contribution < 1.29 is 14.7 Å². The Labute approximate surface area is 112 Å². The Morgan fingerprint density at radius 2 is 1.95 bits per heavy atom. The third-order valence-electron chi connectivity index (χ3n) is 3.51. The molecule has 5 heteroatoms. The lowest BCUT2D eigenvalue weighted by Gasteiger charge is -2.22. The minimum Gasteiger partial charge on any atom is -0.481 e. The number of hydrogen-bond donors (Lipinski definition) is 2. The number of aliphatic carboxylic acids is 1. The van der Waals surface area contributed by atoms with Crippen molar-refractivity contribution in [2.75, 3.05) is 18.0 Å². The van der Waals surface area contributed by atoms with Gasteiger partial charge in [-0.2, -0.15) is 0 Å². The first-order valence-corrected chi connectivity index (χ1v) is 6.43. The lowest BCUT2D eigenvalue weighted by atomic mass is 10.1. The van der Waals surface area contributed by atoms with Gasteiger partial charge in [0.05, 0.1) is 5.41 Å². The Morgan fingerprint density at radius 1 is 1.32 bits per heavy atom. The number of carbonyl (C=O) groups is 2. The number of nitrogens with one attached hydrogen (secondary N) is 1. The van der Waals surface area contributed by atoms with E-state index in [-0.39, 0.29) is 12.6 Å². The molecule has 19 heavy (non-hydrogen) atoms. The zero-order valence-electron chi connectivity index (χ0n) is 10.9. The summed E-state index contributed by atoms with van der Waals surface area (Å²) in [5.41, 5.74) is 0.0776. The molecule has 0 atom stereocenters. The first kappa shape index (κ1) is 13.4. The Kier molecular flexibility index (Phi) is 3.74. The number of carboxylic acids is 1. The van der Waals surface area contributed by atoms with Crippen LogP contribution in [0, 0.1) is 5.41 Å². The van der Waals surface area contributed by atoms with E-state index in [1.807, 2.05) is 37.3 Å². The van der Waals surface area contributed by atoms with Gasteiger partial charge in [-0.05, 0) is 31.9 Å². The van der Waals surface area contributed by atoms with Crippen LogP contribution in [0.1, 0.15) is 19.8 Å². The molecule has 0 spiro atoms. The van der Waals surface area contributed by atoms with Crippen molar-refractivity contribution in [3.63, 3.8) is 0 Å². The highest BCUT2D eigenvalue weighted by molar-refractivity contribution is 5.92. The topological polar surface area (TPSA) is 69.6 Å². The first-order chi connectivity index (χ1) is 9.09. The van der Waals surface area contributed by atoms with E-state index in [9.17, 15) is 9.59 Å². The van der Waals surface area contributed by atoms with E-state index in [0.717, 1.165) is 5.69 Å². The van der Waals surface area contributed by atoms with Crippen LogP contribution in [0.5, 0.6) is 0 Å². The summed E-state index contributed by atoms with van der Waals surface area (Å²) < 4.78 is 0. The van der Waals surface area contributed by atoms with Gasteiger partial charge in [0.15, 0.2) is 0 Å². The summed E-state index contributed by atoms with van der Waals surface area (Å²) in [6.45, 7) is 2.62. The summed E-state index contributed by atoms with van der Waals surface area (Å²) in [6, 6.07) is 9.08. The molecule has 0 saturated heterocycles. The van der Waals surface area contributed by atoms with Crippen LogP contribution in [0.4, 0.5) is 10.5 Å². The van der Waals surface area contributed by atoms with Gasteiger partial charge in [-0.15, -0.1) is 0 Å². The number of amides is 2. The van der Waals surface area contributed by atoms with Crippen molar-refractivity contribution in [3.05, 3.63) is 30.3 Å². The van der Waals surface area contributed by atoms with Crippen LogP contribution in [0.15, 0.2) is 30.3 Å². The Morgan fingerprint density at radius 3 is 2.42 bits per heavy atom. The van der Waals surface area contributed by atoms with Gasteiger partial charge in [-0.25, -0.2) is 4.79 Å². The van der Waals surface area contributed by atoms with Crippen LogP contribution >= 0.6 is 0 Å². The standard InChI is InChI=1S/C14H18N2O3/c1-2-16(11-6-4-3-5-7-11)13(19)15-10-14(8-9-14)12(17)18/h3-7H,2,8-10H2,1H3,(H,15,19)(H,17,18). The molecule has 102 valence electrons. The van der Waals surface area contributed by atoms with Crippen molar-refractivity contribution >= 4 is 17.7 Å².